The molecule has 2 heteroatoms. The van der Waals surface area contributed by atoms with Gasteiger partial charge in [0, 0.05) is 38.0 Å². The minimum Gasteiger partial charge on any atom is -0.455 e. The van der Waals surface area contributed by atoms with Gasteiger partial charge >= 0.3 is 0 Å². The maximum atomic E-state index is 6.73. The first-order valence-corrected chi connectivity index (χ1v) is 14.4. The summed E-state index contributed by atoms with van der Waals surface area (Å²) in [6, 6.07) is 54.1. The molecule has 9 aromatic rings. The van der Waals surface area contributed by atoms with Gasteiger partial charge in [-0.15, -0.1) is 0 Å². The second-order valence-electron chi connectivity index (χ2n) is 10.9. The first-order valence-electron chi connectivity index (χ1n) is 14.4. The molecule has 2 nitrogen and oxygen atoms in total. The van der Waals surface area contributed by atoms with Crippen LogP contribution in [0.5, 0.6) is 0 Å². The monoisotopic (exact) mass is 535 g/mol. The molecule has 0 aliphatic rings. The van der Waals surface area contributed by atoms with Crippen molar-refractivity contribution in [3.05, 3.63) is 152 Å². The zero-order chi connectivity index (χ0) is 27.6. The summed E-state index contributed by atoms with van der Waals surface area (Å²) in [6.07, 6.45) is 0. The van der Waals surface area contributed by atoms with Crippen molar-refractivity contribution in [1.82, 2.24) is 4.57 Å². The van der Waals surface area contributed by atoms with E-state index in [0.717, 1.165) is 27.6 Å². The van der Waals surface area contributed by atoms with E-state index < -0.39 is 0 Å². The predicted octanol–water partition coefficient (Wildman–Crippen LogP) is 11.2. The standard InChI is InChI=1S/C40H25NO/c1-4-12-26(13-5-1)28-20-22-35-33(24-28)37-38-34-25-29(27-14-6-2-7-15-27)21-23-36(34)42-40(38)32-19-11-10-18-31(32)39(37)41(35)30-16-8-3-9-17-30/h1-25H. The van der Waals surface area contributed by atoms with Crippen LogP contribution in [0.2, 0.25) is 0 Å². The summed E-state index contributed by atoms with van der Waals surface area (Å²) < 4.78 is 9.17. The molecule has 0 saturated carbocycles. The van der Waals surface area contributed by atoms with Crippen LogP contribution in [0.3, 0.4) is 0 Å². The first kappa shape index (κ1) is 23.1. The molecule has 2 heterocycles. The largest absolute Gasteiger partial charge is 0.455 e. The molecule has 0 atom stereocenters. The highest BCUT2D eigenvalue weighted by molar-refractivity contribution is 6.36. The molecule has 0 amide bonds. The number of fused-ring (bicyclic) bond motifs is 10. The third-order valence-corrected chi connectivity index (χ3v) is 8.56. The molecule has 0 fully saturated rings. The van der Waals surface area contributed by atoms with Gasteiger partial charge in [0.05, 0.1) is 11.0 Å². The van der Waals surface area contributed by atoms with Crippen LogP contribution >= 0.6 is 0 Å². The summed E-state index contributed by atoms with van der Waals surface area (Å²) in [6.45, 7) is 0. The Kier molecular flexibility index (Phi) is 4.93. The number of benzene rings is 7. The number of hydrogen-bond acceptors (Lipinski definition) is 1. The molecular weight excluding hydrogens is 510 g/mol. The molecule has 0 aliphatic carbocycles. The van der Waals surface area contributed by atoms with Crippen molar-refractivity contribution in [3.8, 4) is 27.9 Å². The van der Waals surface area contributed by atoms with E-state index in [0.29, 0.717) is 0 Å². The quantitative estimate of drug-likeness (QED) is 0.220. The Balaban J connectivity index is 1.53. The van der Waals surface area contributed by atoms with Gasteiger partial charge in [-0.25, -0.2) is 0 Å². The topological polar surface area (TPSA) is 18.1 Å². The van der Waals surface area contributed by atoms with Crippen molar-refractivity contribution in [1.29, 1.82) is 0 Å². The van der Waals surface area contributed by atoms with E-state index in [1.807, 2.05) is 0 Å². The lowest BCUT2D eigenvalue weighted by Crippen LogP contribution is -1.94. The lowest BCUT2D eigenvalue weighted by Gasteiger charge is -2.10. The number of rotatable bonds is 3. The third kappa shape index (κ3) is 3.33. The molecule has 0 bridgehead atoms. The highest BCUT2D eigenvalue weighted by Gasteiger charge is 2.23. The van der Waals surface area contributed by atoms with Crippen LogP contribution in [0.15, 0.2) is 156 Å². The zero-order valence-corrected chi connectivity index (χ0v) is 22.8. The average Bonchev–Trinajstić information content (AvgIpc) is 3.62. The Morgan fingerprint density at radius 2 is 0.976 bits per heavy atom. The second kappa shape index (κ2) is 8.95. The van der Waals surface area contributed by atoms with E-state index >= 15 is 0 Å². The van der Waals surface area contributed by atoms with Crippen molar-refractivity contribution in [3.63, 3.8) is 0 Å². The highest BCUT2D eigenvalue weighted by Crippen LogP contribution is 2.47. The number of hydrogen-bond donors (Lipinski definition) is 0. The molecule has 0 N–H and O–H groups in total. The highest BCUT2D eigenvalue weighted by atomic mass is 16.3. The molecule has 0 saturated heterocycles. The van der Waals surface area contributed by atoms with E-state index in [9.17, 15) is 0 Å². The summed E-state index contributed by atoms with van der Waals surface area (Å²) in [5.74, 6) is 0. The van der Waals surface area contributed by atoms with Crippen LogP contribution in [0, 0.1) is 0 Å². The van der Waals surface area contributed by atoms with Crippen molar-refractivity contribution >= 4 is 54.5 Å². The van der Waals surface area contributed by atoms with Gasteiger partial charge in [0.25, 0.3) is 0 Å². The van der Waals surface area contributed by atoms with E-state index in [2.05, 4.69) is 156 Å². The number of furan rings is 1. The SMILES string of the molecule is c1ccc(-c2ccc3oc4c5ccccc5c5c(c6cc(-c7ccccc7)ccc6n5-c5ccccc5)c4c3c2)cc1. The van der Waals surface area contributed by atoms with Gasteiger partial charge in [-0.1, -0.05) is 115 Å². The molecule has 2 aromatic heterocycles. The lowest BCUT2D eigenvalue weighted by molar-refractivity contribution is 0.673. The average molecular weight is 536 g/mol. The fourth-order valence-electron chi connectivity index (χ4n) is 6.69. The van der Waals surface area contributed by atoms with E-state index in [4.69, 9.17) is 4.42 Å². The maximum Gasteiger partial charge on any atom is 0.144 e. The van der Waals surface area contributed by atoms with Crippen molar-refractivity contribution in [2.45, 2.75) is 0 Å². The van der Waals surface area contributed by atoms with Crippen molar-refractivity contribution < 1.29 is 4.42 Å². The summed E-state index contributed by atoms with van der Waals surface area (Å²) in [5.41, 5.74) is 10.2. The number of aromatic nitrogens is 1. The minimum absolute atomic E-state index is 0.905. The zero-order valence-electron chi connectivity index (χ0n) is 22.8. The number of nitrogens with zero attached hydrogens (tertiary/aromatic N) is 1. The van der Waals surface area contributed by atoms with Gasteiger partial charge in [-0.2, -0.15) is 0 Å². The molecule has 0 spiro atoms. The van der Waals surface area contributed by atoms with Gasteiger partial charge in [-0.05, 0) is 58.7 Å². The fraction of sp³-hybridized carbons (Fsp3) is 0. The molecule has 0 radical (unpaired) electrons. The van der Waals surface area contributed by atoms with Crippen molar-refractivity contribution in [2.75, 3.05) is 0 Å². The van der Waals surface area contributed by atoms with Gasteiger partial charge in [-0.3, -0.25) is 0 Å². The Bertz CT molecular complexity index is 2430. The van der Waals surface area contributed by atoms with E-state index in [1.54, 1.807) is 0 Å². The van der Waals surface area contributed by atoms with Crippen LogP contribution in [0.4, 0.5) is 0 Å². The third-order valence-electron chi connectivity index (χ3n) is 8.56. The molecule has 196 valence electrons. The number of para-hydroxylation sites is 1. The Morgan fingerprint density at radius 1 is 0.405 bits per heavy atom. The smallest absolute Gasteiger partial charge is 0.144 e. The summed E-state index contributed by atoms with van der Waals surface area (Å²) in [5, 5.41) is 7.06. The molecule has 0 aliphatic heterocycles. The van der Waals surface area contributed by atoms with Gasteiger partial charge < -0.3 is 8.98 Å². The fourth-order valence-corrected chi connectivity index (χ4v) is 6.69. The van der Waals surface area contributed by atoms with Gasteiger partial charge in [0.15, 0.2) is 0 Å². The lowest BCUT2D eigenvalue weighted by atomic mass is 9.96. The second-order valence-corrected chi connectivity index (χ2v) is 10.9. The van der Waals surface area contributed by atoms with Crippen molar-refractivity contribution in [2.24, 2.45) is 0 Å². The molecule has 42 heavy (non-hydrogen) atoms. The van der Waals surface area contributed by atoms with Gasteiger partial charge in [0.2, 0.25) is 0 Å². The molecule has 9 rings (SSSR count). The molecule has 7 aromatic carbocycles. The van der Waals surface area contributed by atoms with Crippen LogP contribution in [-0.4, -0.2) is 4.57 Å². The Labute approximate surface area is 242 Å². The molecular formula is C40H25NO. The van der Waals surface area contributed by atoms with Crippen LogP contribution in [0.1, 0.15) is 0 Å². The van der Waals surface area contributed by atoms with Crippen LogP contribution in [-0.2, 0) is 0 Å². The maximum absolute atomic E-state index is 6.73. The summed E-state index contributed by atoms with van der Waals surface area (Å²) >= 11 is 0. The van der Waals surface area contributed by atoms with Crippen LogP contribution < -0.4 is 0 Å². The van der Waals surface area contributed by atoms with E-state index in [1.165, 1.54) is 54.8 Å². The minimum atomic E-state index is 0.905. The van der Waals surface area contributed by atoms with E-state index in [-0.39, 0.29) is 0 Å². The van der Waals surface area contributed by atoms with Gasteiger partial charge in [0.1, 0.15) is 11.2 Å². The predicted molar refractivity (Wildman–Crippen MR) is 176 cm³/mol. The van der Waals surface area contributed by atoms with Crippen LogP contribution in [0.25, 0.3) is 82.5 Å². The Morgan fingerprint density at radius 3 is 1.67 bits per heavy atom. The summed E-state index contributed by atoms with van der Waals surface area (Å²) in [7, 11) is 0. The Hall–Kier alpha value is -5.60. The normalized spacial score (nSPS) is 11.8. The molecule has 0 unspecified atom stereocenters. The summed E-state index contributed by atoms with van der Waals surface area (Å²) in [4.78, 5) is 0. The first-order chi connectivity index (χ1) is 20.8.